The monoisotopic (exact) mass is 300 g/mol. The molecule has 3 heterocycles. The molecule has 1 N–H and O–H groups in total. The van der Waals surface area contributed by atoms with E-state index in [1.54, 1.807) is 30.7 Å². The van der Waals surface area contributed by atoms with Crippen LogP contribution in [0.1, 0.15) is 12.8 Å². The quantitative estimate of drug-likeness (QED) is 0.679. The molecule has 0 aliphatic carbocycles. The number of nitro groups is 1. The molecule has 114 valence electrons. The van der Waals surface area contributed by atoms with Crippen molar-refractivity contribution in [3.8, 4) is 0 Å². The summed E-state index contributed by atoms with van der Waals surface area (Å²) in [6.45, 7) is 1.57. The van der Waals surface area contributed by atoms with Crippen molar-refractivity contribution in [1.82, 2.24) is 15.0 Å². The fourth-order valence-electron chi connectivity index (χ4n) is 2.58. The topological polar surface area (TPSA) is 97.1 Å². The lowest BCUT2D eigenvalue weighted by Gasteiger charge is -2.33. The van der Waals surface area contributed by atoms with Gasteiger partial charge in [-0.1, -0.05) is 0 Å². The Morgan fingerprint density at radius 1 is 1.23 bits per heavy atom. The summed E-state index contributed by atoms with van der Waals surface area (Å²) < 4.78 is 0. The Kier molecular flexibility index (Phi) is 4.08. The van der Waals surface area contributed by atoms with E-state index in [9.17, 15) is 10.1 Å². The standard InChI is InChI=1S/C14H16N6O2/c21-20(22)12-5-1-6-15-13(12)18-11-4-2-9-19(10-11)14-16-7-3-8-17-14/h1,3,5-8,11H,2,4,9-10H2,(H,15,18)/t11-/m1/s1. The normalized spacial score (nSPS) is 18.0. The van der Waals surface area contributed by atoms with Crippen LogP contribution in [0, 0.1) is 10.1 Å². The average Bonchev–Trinajstić information content (AvgIpc) is 2.56. The lowest BCUT2D eigenvalue weighted by atomic mass is 10.1. The van der Waals surface area contributed by atoms with Gasteiger partial charge in [0.25, 0.3) is 0 Å². The zero-order valence-corrected chi connectivity index (χ0v) is 11.9. The van der Waals surface area contributed by atoms with Crippen LogP contribution in [0.5, 0.6) is 0 Å². The van der Waals surface area contributed by atoms with Crippen molar-refractivity contribution in [2.45, 2.75) is 18.9 Å². The maximum absolute atomic E-state index is 11.0. The van der Waals surface area contributed by atoms with Crippen molar-refractivity contribution in [1.29, 1.82) is 0 Å². The second kappa shape index (κ2) is 6.33. The molecule has 0 amide bonds. The number of anilines is 2. The Labute approximate surface area is 127 Å². The van der Waals surface area contributed by atoms with E-state index in [0.29, 0.717) is 18.3 Å². The van der Waals surface area contributed by atoms with Crippen LogP contribution in [0.25, 0.3) is 0 Å². The minimum atomic E-state index is -0.420. The highest BCUT2D eigenvalue weighted by Crippen LogP contribution is 2.24. The molecule has 2 aromatic rings. The predicted octanol–water partition coefficient (Wildman–Crippen LogP) is 1.86. The van der Waals surface area contributed by atoms with Crippen LogP contribution in [0.15, 0.2) is 36.8 Å². The summed E-state index contributed by atoms with van der Waals surface area (Å²) in [5.41, 5.74) is -0.00409. The fraction of sp³-hybridized carbons (Fsp3) is 0.357. The molecule has 1 aliphatic rings. The Morgan fingerprint density at radius 3 is 2.77 bits per heavy atom. The first-order chi connectivity index (χ1) is 10.7. The summed E-state index contributed by atoms with van der Waals surface area (Å²) in [4.78, 5) is 25.3. The van der Waals surface area contributed by atoms with Gasteiger partial charge in [-0.05, 0) is 25.0 Å². The van der Waals surface area contributed by atoms with Crippen molar-refractivity contribution in [2.75, 3.05) is 23.3 Å². The lowest BCUT2D eigenvalue weighted by Crippen LogP contribution is -2.43. The summed E-state index contributed by atoms with van der Waals surface area (Å²) in [7, 11) is 0. The SMILES string of the molecule is O=[N+]([O-])c1cccnc1N[C@@H]1CCCN(c2ncccn2)C1. The molecule has 3 rings (SSSR count). The highest BCUT2D eigenvalue weighted by atomic mass is 16.6. The van der Waals surface area contributed by atoms with Gasteiger partial charge in [0.1, 0.15) is 0 Å². The molecule has 1 aliphatic heterocycles. The number of nitrogens with zero attached hydrogens (tertiary/aromatic N) is 5. The van der Waals surface area contributed by atoms with E-state index in [-0.39, 0.29) is 11.7 Å². The second-order valence-corrected chi connectivity index (χ2v) is 5.11. The van der Waals surface area contributed by atoms with Gasteiger partial charge < -0.3 is 10.2 Å². The first kappa shape index (κ1) is 14.2. The number of rotatable bonds is 4. The molecule has 1 saturated heterocycles. The van der Waals surface area contributed by atoms with Gasteiger partial charge in [0.05, 0.1) is 4.92 Å². The van der Waals surface area contributed by atoms with E-state index in [2.05, 4.69) is 25.2 Å². The van der Waals surface area contributed by atoms with Gasteiger partial charge in [-0.3, -0.25) is 10.1 Å². The van der Waals surface area contributed by atoms with Gasteiger partial charge in [-0.25, -0.2) is 15.0 Å². The molecular formula is C14H16N6O2. The summed E-state index contributed by atoms with van der Waals surface area (Å²) in [5, 5.41) is 14.2. The summed E-state index contributed by atoms with van der Waals surface area (Å²) in [6, 6.07) is 4.87. The van der Waals surface area contributed by atoms with Gasteiger partial charge in [0.2, 0.25) is 11.8 Å². The van der Waals surface area contributed by atoms with Crippen LogP contribution in [-0.2, 0) is 0 Å². The van der Waals surface area contributed by atoms with Crippen LogP contribution in [0.4, 0.5) is 17.5 Å². The number of piperidine rings is 1. The third-order valence-corrected chi connectivity index (χ3v) is 3.58. The smallest absolute Gasteiger partial charge is 0.311 e. The van der Waals surface area contributed by atoms with Gasteiger partial charge in [0.15, 0.2) is 0 Å². The van der Waals surface area contributed by atoms with E-state index in [1.807, 2.05) is 0 Å². The lowest BCUT2D eigenvalue weighted by molar-refractivity contribution is -0.384. The fourth-order valence-corrected chi connectivity index (χ4v) is 2.58. The number of hydrogen-bond donors (Lipinski definition) is 1. The molecule has 8 nitrogen and oxygen atoms in total. The van der Waals surface area contributed by atoms with Crippen molar-refractivity contribution < 1.29 is 4.92 Å². The number of aromatic nitrogens is 3. The minimum Gasteiger partial charge on any atom is -0.360 e. The highest BCUT2D eigenvalue weighted by Gasteiger charge is 2.24. The van der Waals surface area contributed by atoms with Crippen LogP contribution < -0.4 is 10.2 Å². The second-order valence-electron chi connectivity index (χ2n) is 5.11. The zero-order chi connectivity index (χ0) is 15.4. The van der Waals surface area contributed by atoms with E-state index in [0.717, 1.165) is 19.4 Å². The molecule has 0 aromatic carbocycles. The third kappa shape index (κ3) is 3.11. The molecule has 0 bridgehead atoms. The van der Waals surface area contributed by atoms with Crippen molar-refractivity contribution in [3.63, 3.8) is 0 Å². The number of hydrogen-bond acceptors (Lipinski definition) is 7. The Bertz CT molecular complexity index is 651. The van der Waals surface area contributed by atoms with E-state index >= 15 is 0 Å². The molecule has 0 unspecified atom stereocenters. The molecule has 8 heteroatoms. The van der Waals surface area contributed by atoms with Gasteiger partial charge in [-0.15, -0.1) is 0 Å². The van der Waals surface area contributed by atoms with Crippen LogP contribution in [-0.4, -0.2) is 39.0 Å². The van der Waals surface area contributed by atoms with Crippen LogP contribution in [0.3, 0.4) is 0 Å². The van der Waals surface area contributed by atoms with E-state index in [4.69, 9.17) is 0 Å². The number of nitrogens with one attached hydrogen (secondary N) is 1. The molecule has 0 radical (unpaired) electrons. The zero-order valence-electron chi connectivity index (χ0n) is 11.9. The summed E-state index contributed by atoms with van der Waals surface area (Å²) in [5.74, 6) is 0.998. The number of pyridine rings is 1. The Morgan fingerprint density at radius 2 is 2.00 bits per heavy atom. The maximum atomic E-state index is 11.0. The van der Waals surface area contributed by atoms with Crippen molar-refractivity contribution in [2.24, 2.45) is 0 Å². The van der Waals surface area contributed by atoms with Crippen LogP contribution in [0.2, 0.25) is 0 Å². The molecular weight excluding hydrogens is 284 g/mol. The molecule has 2 aromatic heterocycles. The van der Waals surface area contributed by atoms with Crippen molar-refractivity contribution in [3.05, 3.63) is 46.9 Å². The molecule has 0 spiro atoms. The highest BCUT2D eigenvalue weighted by molar-refractivity contribution is 5.56. The first-order valence-electron chi connectivity index (χ1n) is 7.12. The Balaban J connectivity index is 1.72. The Hall–Kier alpha value is -2.77. The summed E-state index contributed by atoms with van der Waals surface area (Å²) >= 11 is 0. The third-order valence-electron chi connectivity index (χ3n) is 3.58. The molecule has 0 saturated carbocycles. The van der Waals surface area contributed by atoms with Crippen molar-refractivity contribution >= 4 is 17.5 Å². The van der Waals surface area contributed by atoms with Gasteiger partial charge in [-0.2, -0.15) is 0 Å². The van der Waals surface area contributed by atoms with E-state index in [1.165, 1.54) is 6.07 Å². The van der Waals surface area contributed by atoms with E-state index < -0.39 is 4.92 Å². The molecule has 1 fully saturated rings. The minimum absolute atomic E-state index is 0.00409. The van der Waals surface area contributed by atoms with Gasteiger partial charge >= 0.3 is 5.69 Å². The first-order valence-corrected chi connectivity index (χ1v) is 7.12. The predicted molar refractivity (Wildman–Crippen MR) is 81.8 cm³/mol. The van der Waals surface area contributed by atoms with Crippen LogP contribution >= 0.6 is 0 Å². The molecule has 22 heavy (non-hydrogen) atoms. The molecule has 1 atom stereocenters. The maximum Gasteiger partial charge on any atom is 0.311 e. The summed E-state index contributed by atoms with van der Waals surface area (Å²) in [6.07, 6.45) is 6.87. The largest absolute Gasteiger partial charge is 0.360 e. The average molecular weight is 300 g/mol. The van der Waals surface area contributed by atoms with Gasteiger partial charge in [0, 0.05) is 43.8 Å².